The summed E-state index contributed by atoms with van der Waals surface area (Å²) in [4.78, 5) is 0. The van der Waals surface area contributed by atoms with Gasteiger partial charge in [-0.05, 0) is 37.8 Å². The molecule has 13 heavy (non-hydrogen) atoms. The van der Waals surface area contributed by atoms with Crippen LogP contribution >= 0.6 is 0 Å². The summed E-state index contributed by atoms with van der Waals surface area (Å²) in [6.45, 7) is 2.22. The van der Waals surface area contributed by atoms with Crippen LogP contribution in [0.2, 0.25) is 0 Å². The second kappa shape index (κ2) is 3.32. The maximum Gasteiger partial charge on any atom is 0.149 e. The molecule has 1 aromatic rings. The Bertz CT molecular complexity index is 261. The number of hydrogen-bond acceptors (Lipinski definition) is 3. The van der Waals surface area contributed by atoms with E-state index in [1.54, 1.807) is 6.20 Å². The van der Waals surface area contributed by atoms with Crippen molar-refractivity contribution >= 4 is 5.82 Å². The minimum atomic E-state index is 0.316. The Hall–Kier alpha value is -1.12. The van der Waals surface area contributed by atoms with Gasteiger partial charge in [-0.1, -0.05) is 6.92 Å². The zero-order valence-electron chi connectivity index (χ0n) is 7.95. The molecule has 0 unspecified atom stereocenters. The van der Waals surface area contributed by atoms with Gasteiger partial charge in [-0.3, -0.25) is 0 Å². The number of nitrogens with one attached hydrogen (secondary N) is 1. The van der Waals surface area contributed by atoms with Gasteiger partial charge in [0.15, 0.2) is 0 Å². The molecular weight excluding hydrogens is 162 g/mol. The van der Waals surface area contributed by atoms with Gasteiger partial charge in [0.25, 0.3) is 0 Å². The fraction of sp³-hybridized carbons (Fsp3) is 0.600. The summed E-state index contributed by atoms with van der Waals surface area (Å²) in [5.74, 6) is 0.907. The van der Waals surface area contributed by atoms with Crippen molar-refractivity contribution in [1.82, 2.24) is 10.2 Å². The van der Waals surface area contributed by atoms with Crippen LogP contribution in [0.3, 0.4) is 0 Å². The van der Waals surface area contributed by atoms with Crippen LogP contribution in [0.15, 0.2) is 18.3 Å². The molecule has 1 N–H and O–H groups in total. The summed E-state index contributed by atoms with van der Waals surface area (Å²) in [5.41, 5.74) is 0.316. The van der Waals surface area contributed by atoms with Crippen molar-refractivity contribution in [1.29, 1.82) is 0 Å². The SMILES string of the molecule is CCC1(Nc2cccnn2)CCC1. The average Bonchev–Trinajstić information content (AvgIpc) is 2.13. The number of aromatic nitrogens is 2. The fourth-order valence-electron chi connectivity index (χ4n) is 1.81. The summed E-state index contributed by atoms with van der Waals surface area (Å²) >= 11 is 0. The molecule has 70 valence electrons. The highest BCUT2D eigenvalue weighted by Gasteiger charge is 2.35. The molecule has 0 aliphatic heterocycles. The largest absolute Gasteiger partial charge is 0.363 e. The molecule has 0 atom stereocenters. The first kappa shape index (κ1) is 8.48. The zero-order valence-corrected chi connectivity index (χ0v) is 7.95. The van der Waals surface area contributed by atoms with Crippen LogP contribution in [0.5, 0.6) is 0 Å². The Labute approximate surface area is 78.6 Å². The highest BCUT2D eigenvalue weighted by Crippen LogP contribution is 2.37. The molecule has 1 saturated carbocycles. The van der Waals surface area contributed by atoms with Gasteiger partial charge in [-0.25, -0.2) is 0 Å². The fourth-order valence-corrected chi connectivity index (χ4v) is 1.81. The van der Waals surface area contributed by atoms with Crippen LogP contribution in [-0.4, -0.2) is 15.7 Å². The van der Waals surface area contributed by atoms with E-state index in [0.29, 0.717) is 5.54 Å². The predicted molar refractivity (Wildman–Crippen MR) is 52.5 cm³/mol. The maximum absolute atomic E-state index is 4.03. The Morgan fingerprint density at radius 1 is 1.54 bits per heavy atom. The lowest BCUT2D eigenvalue weighted by atomic mass is 9.75. The third kappa shape index (κ3) is 1.64. The van der Waals surface area contributed by atoms with Crippen LogP contribution in [0.4, 0.5) is 5.82 Å². The number of hydrogen-bond donors (Lipinski definition) is 1. The van der Waals surface area contributed by atoms with Gasteiger partial charge in [0.1, 0.15) is 5.82 Å². The molecule has 0 spiro atoms. The minimum absolute atomic E-state index is 0.316. The number of nitrogens with zero attached hydrogens (tertiary/aromatic N) is 2. The molecule has 0 aromatic carbocycles. The van der Waals surface area contributed by atoms with Crippen LogP contribution in [0.25, 0.3) is 0 Å². The lowest BCUT2D eigenvalue weighted by Crippen LogP contribution is -2.44. The van der Waals surface area contributed by atoms with Crippen molar-refractivity contribution < 1.29 is 0 Å². The summed E-state index contributed by atoms with van der Waals surface area (Å²) < 4.78 is 0. The lowest BCUT2D eigenvalue weighted by Gasteiger charge is -2.42. The second-order valence-electron chi connectivity index (χ2n) is 3.72. The molecule has 0 amide bonds. The van der Waals surface area contributed by atoms with Crippen LogP contribution in [0.1, 0.15) is 32.6 Å². The molecule has 0 bridgehead atoms. The van der Waals surface area contributed by atoms with Crippen molar-refractivity contribution in [2.45, 2.75) is 38.1 Å². The standard InChI is InChI=1S/C10H15N3/c1-2-10(6-4-7-10)12-9-5-3-8-11-13-9/h3,5,8H,2,4,6-7H2,1H3,(H,12,13). The molecular formula is C10H15N3. The number of rotatable bonds is 3. The van der Waals surface area contributed by atoms with Crippen LogP contribution < -0.4 is 5.32 Å². The van der Waals surface area contributed by atoms with E-state index in [2.05, 4.69) is 22.4 Å². The highest BCUT2D eigenvalue weighted by molar-refractivity contribution is 5.36. The normalized spacial score (nSPS) is 19.2. The minimum Gasteiger partial charge on any atom is -0.363 e. The summed E-state index contributed by atoms with van der Waals surface area (Å²) in [6.07, 6.45) is 6.73. The molecule has 0 saturated heterocycles. The Balaban J connectivity index is 2.05. The van der Waals surface area contributed by atoms with Crippen molar-refractivity contribution in [2.24, 2.45) is 0 Å². The smallest absolute Gasteiger partial charge is 0.149 e. The Morgan fingerprint density at radius 3 is 2.85 bits per heavy atom. The highest BCUT2D eigenvalue weighted by atomic mass is 15.2. The molecule has 2 rings (SSSR count). The molecule has 0 radical (unpaired) electrons. The van der Waals surface area contributed by atoms with Crippen LogP contribution in [0, 0.1) is 0 Å². The zero-order chi connectivity index (χ0) is 9.15. The summed E-state index contributed by atoms with van der Waals surface area (Å²) in [5, 5.41) is 11.3. The van der Waals surface area contributed by atoms with Crippen molar-refractivity contribution in [3.8, 4) is 0 Å². The van der Waals surface area contributed by atoms with Crippen LogP contribution in [-0.2, 0) is 0 Å². The van der Waals surface area contributed by atoms with E-state index in [1.807, 2.05) is 12.1 Å². The van der Waals surface area contributed by atoms with Gasteiger partial charge in [0, 0.05) is 11.7 Å². The van der Waals surface area contributed by atoms with Gasteiger partial charge in [0.2, 0.25) is 0 Å². The van der Waals surface area contributed by atoms with Gasteiger partial charge >= 0.3 is 0 Å². The first-order valence-electron chi connectivity index (χ1n) is 4.90. The number of anilines is 1. The average molecular weight is 177 g/mol. The van der Waals surface area contributed by atoms with E-state index in [-0.39, 0.29) is 0 Å². The molecule has 3 nitrogen and oxygen atoms in total. The molecule has 1 aliphatic rings. The topological polar surface area (TPSA) is 37.8 Å². The Kier molecular flexibility index (Phi) is 2.17. The first-order chi connectivity index (χ1) is 6.35. The molecule has 1 heterocycles. The van der Waals surface area contributed by atoms with E-state index in [0.717, 1.165) is 5.82 Å². The third-order valence-corrected chi connectivity index (χ3v) is 2.95. The van der Waals surface area contributed by atoms with Gasteiger partial charge < -0.3 is 5.32 Å². The molecule has 1 aliphatic carbocycles. The monoisotopic (exact) mass is 177 g/mol. The van der Waals surface area contributed by atoms with Crippen molar-refractivity contribution in [2.75, 3.05) is 5.32 Å². The Morgan fingerprint density at radius 2 is 2.38 bits per heavy atom. The van der Waals surface area contributed by atoms with Gasteiger partial charge in [-0.15, -0.1) is 5.10 Å². The summed E-state index contributed by atoms with van der Waals surface area (Å²) in [7, 11) is 0. The lowest BCUT2D eigenvalue weighted by molar-refractivity contribution is 0.268. The summed E-state index contributed by atoms with van der Waals surface area (Å²) in [6, 6.07) is 3.89. The molecule has 1 aromatic heterocycles. The van der Waals surface area contributed by atoms with E-state index < -0.39 is 0 Å². The van der Waals surface area contributed by atoms with Gasteiger partial charge in [-0.2, -0.15) is 5.10 Å². The van der Waals surface area contributed by atoms with E-state index >= 15 is 0 Å². The molecule has 1 fully saturated rings. The van der Waals surface area contributed by atoms with E-state index in [4.69, 9.17) is 0 Å². The predicted octanol–water partition coefficient (Wildman–Crippen LogP) is 2.22. The third-order valence-electron chi connectivity index (χ3n) is 2.95. The van der Waals surface area contributed by atoms with E-state index in [9.17, 15) is 0 Å². The quantitative estimate of drug-likeness (QED) is 0.769. The van der Waals surface area contributed by atoms with Crippen molar-refractivity contribution in [3.05, 3.63) is 18.3 Å². The van der Waals surface area contributed by atoms with E-state index in [1.165, 1.54) is 25.7 Å². The maximum atomic E-state index is 4.03. The second-order valence-corrected chi connectivity index (χ2v) is 3.72. The van der Waals surface area contributed by atoms with Gasteiger partial charge in [0.05, 0.1) is 0 Å². The molecule has 3 heteroatoms. The van der Waals surface area contributed by atoms with Crippen molar-refractivity contribution in [3.63, 3.8) is 0 Å². The first-order valence-corrected chi connectivity index (χ1v) is 4.90.